The van der Waals surface area contributed by atoms with Crippen LogP contribution in [0.2, 0.25) is 0 Å². The van der Waals surface area contributed by atoms with Crippen LogP contribution in [0.15, 0.2) is 109 Å². The van der Waals surface area contributed by atoms with E-state index in [0.717, 1.165) is 38.3 Å². The van der Waals surface area contributed by atoms with Gasteiger partial charge < -0.3 is 45.8 Å². The molecular weight excluding hydrogens is 646 g/mol. The van der Waals surface area contributed by atoms with Gasteiger partial charge in [0.1, 0.15) is 0 Å². The maximum absolute atomic E-state index is 11.6. The minimum absolute atomic E-state index is 0.00572. The predicted octanol–water partition coefficient (Wildman–Crippen LogP) is 9.43. The zero-order chi connectivity index (χ0) is 35.3. The fourth-order valence-corrected chi connectivity index (χ4v) is 7.48. The lowest BCUT2D eigenvalue weighted by atomic mass is 9.82. The van der Waals surface area contributed by atoms with Crippen LogP contribution in [0.3, 0.4) is 0 Å². The molecule has 0 spiro atoms. The van der Waals surface area contributed by atoms with Crippen LogP contribution < -0.4 is 0 Å². The fraction of sp³-hybridized carbons (Fsp3) is 0. The molecule has 9 N–H and O–H groups in total. The Morgan fingerprint density at radius 3 is 1.43 bits per heavy atom. The number of aromatic amines is 1. The van der Waals surface area contributed by atoms with Crippen molar-refractivity contribution in [1.29, 1.82) is 0 Å². The SMILES string of the molecule is Oc1c(O)c(O)c2c(-c3cccc4ccccc34)c3c(O)c(O)c(O)c(O)c3c(-c3ccc(-c4ccc5[nH]c6ccccc6c5c4)cc3)c2c1O. The number of benzene rings is 8. The normalized spacial score (nSPS) is 11.8. The number of fused-ring (bicyclic) bond motifs is 6. The molecule has 0 aliphatic heterocycles. The average molecular weight is 674 g/mol. The molecule has 0 saturated carbocycles. The molecule has 1 heterocycles. The number of H-pyrrole nitrogens is 1. The molecule has 0 aliphatic rings. The molecule has 9 nitrogen and oxygen atoms in total. The smallest absolute Gasteiger partial charge is 0.204 e. The van der Waals surface area contributed by atoms with E-state index in [-0.39, 0.29) is 32.7 Å². The molecule has 9 rings (SSSR count). The molecule has 9 aromatic rings. The molecule has 0 unspecified atom stereocenters. The molecular formula is C42H27NO8. The second kappa shape index (κ2) is 10.6. The van der Waals surface area contributed by atoms with E-state index in [0.29, 0.717) is 16.5 Å². The molecule has 0 amide bonds. The standard InChI is InChI=1S/C42H27NO8/c44-35-31-29(21-14-12-19(13-15-21)22-16-17-28-26(18-22)24-9-3-4-11-27(24)43-28)32-34(38(47)42(51)40(49)36(32)45)30(33(31)37(46)41(50)39(35)48)25-10-5-7-20-6-1-2-8-23(20)25/h1-18,43-51H. The van der Waals surface area contributed by atoms with Gasteiger partial charge in [0.15, 0.2) is 23.0 Å². The van der Waals surface area contributed by atoms with Crippen molar-refractivity contribution in [2.24, 2.45) is 0 Å². The van der Waals surface area contributed by atoms with E-state index in [4.69, 9.17) is 0 Å². The lowest BCUT2D eigenvalue weighted by Gasteiger charge is -2.23. The molecule has 0 atom stereocenters. The van der Waals surface area contributed by atoms with E-state index in [1.165, 1.54) is 0 Å². The van der Waals surface area contributed by atoms with Crippen molar-refractivity contribution in [3.8, 4) is 79.4 Å². The van der Waals surface area contributed by atoms with Crippen LogP contribution in [0.25, 0.3) is 87.5 Å². The maximum Gasteiger partial charge on any atom is 0.204 e. The van der Waals surface area contributed by atoms with Crippen LogP contribution in [0, 0.1) is 0 Å². The van der Waals surface area contributed by atoms with Crippen LogP contribution in [-0.2, 0) is 0 Å². The van der Waals surface area contributed by atoms with Crippen molar-refractivity contribution in [1.82, 2.24) is 4.98 Å². The first kappa shape index (κ1) is 29.8. The molecule has 248 valence electrons. The van der Waals surface area contributed by atoms with Gasteiger partial charge in [-0.3, -0.25) is 0 Å². The summed E-state index contributed by atoms with van der Waals surface area (Å²) in [4.78, 5) is 3.42. The topological polar surface area (TPSA) is 178 Å². The second-order valence-electron chi connectivity index (χ2n) is 12.6. The third kappa shape index (κ3) is 4.09. The summed E-state index contributed by atoms with van der Waals surface area (Å²) in [7, 11) is 0. The molecule has 0 bridgehead atoms. The molecule has 0 radical (unpaired) electrons. The lowest BCUT2D eigenvalue weighted by molar-refractivity contribution is 0.350. The summed E-state index contributed by atoms with van der Waals surface area (Å²) in [6, 6.07) is 33.6. The highest BCUT2D eigenvalue weighted by Gasteiger charge is 2.32. The maximum atomic E-state index is 11.6. The Bertz CT molecular complexity index is 2860. The molecule has 0 fully saturated rings. The van der Waals surface area contributed by atoms with Crippen LogP contribution in [0.4, 0.5) is 0 Å². The van der Waals surface area contributed by atoms with E-state index in [9.17, 15) is 40.9 Å². The first-order valence-corrected chi connectivity index (χ1v) is 16.0. The molecule has 0 aliphatic carbocycles. The molecule has 9 heteroatoms. The van der Waals surface area contributed by atoms with Gasteiger partial charge in [0.25, 0.3) is 0 Å². The minimum atomic E-state index is -1.01. The highest BCUT2D eigenvalue weighted by Crippen LogP contribution is 2.62. The van der Waals surface area contributed by atoms with Gasteiger partial charge in [0.2, 0.25) is 23.0 Å². The number of nitrogens with one attached hydrogen (secondary N) is 1. The van der Waals surface area contributed by atoms with Gasteiger partial charge in [-0.25, -0.2) is 0 Å². The number of para-hydroxylation sites is 1. The largest absolute Gasteiger partial charge is 0.504 e. The van der Waals surface area contributed by atoms with Crippen molar-refractivity contribution in [2.45, 2.75) is 0 Å². The van der Waals surface area contributed by atoms with Crippen molar-refractivity contribution >= 4 is 54.1 Å². The van der Waals surface area contributed by atoms with Gasteiger partial charge in [0, 0.05) is 54.5 Å². The van der Waals surface area contributed by atoms with E-state index < -0.39 is 46.0 Å². The summed E-state index contributed by atoms with van der Waals surface area (Å²) in [6.07, 6.45) is 0. The number of phenolic OH excluding ortho intramolecular Hbond substituents is 8. The van der Waals surface area contributed by atoms with Crippen molar-refractivity contribution in [3.63, 3.8) is 0 Å². The monoisotopic (exact) mass is 673 g/mol. The lowest BCUT2D eigenvalue weighted by Crippen LogP contribution is -1.95. The Hall–Kier alpha value is -7.26. The van der Waals surface area contributed by atoms with Gasteiger partial charge >= 0.3 is 0 Å². The van der Waals surface area contributed by atoms with Crippen LogP contribution in [-0.4, -0.2) is 45.8 Å². The second-order valence-corrected chi connectivity index (χ2v) is 12.6. The summed E-state index contributed by atoms with van der Waals surface area (Å²) in [5.41, 5.74) is 4.46. The number of hydrogen-bond acceptors (Lipinski definition) is 8. The van der Waals surface area contributed by atoms with Gasteiger partial charge in [-0.2, -0.15) is 0 Å². The Labute approximate surface area is 288 Å². The Morgan fingerprint density at radius 1 is 0.333 bits per heavy atom. The first-order chi connectivity index (χ1) is 24.7. The highest BCUT2D eigenvalue weighted by atomic mass is 16.4. The van der Waals surface area contributed by atoms with E-state index in [1.54, 1.807) is 36.4 Å². The quantitative estimate of drug-likeness (QED) is 0.0506. The van der Waals surface area contributed by atoms with E-state index in [2.05, 4.69) is 11.1 Å². The molecule has 51 heavy (non-hydrogen) atoms. The number of aromatic hydroxyl groups is 8. The van der Waals surface area contributed by atoms with Crippen LogP contribution in [0.5, 0.6) is 46.0 Å². The molecule has 8 aromatic carbocycles. The number of aromatic nitrogens is 1. The predicted molar refractivity (Wildman–Crippen MR) is 198 cm³/mol. The summed E-state index contributed by atoms with van der Waals surface area (Å²) in [6.45, 7) is 0. The van der Waals surface area contributed by atoms with E-state index >= 15 is 0 Å². The molecule has 1 aromatic heterocycles. The van der Waals surface area contributed by atoms with Gasteiger partial charge in [-0.1, -0.05) is 91.0 Å². The van der Waals surface area contributed by atoms with Crippen molar-refractivity contribution in [3.05, 3.63) is 109 Å². The summed E-state index contributed by atoms with van der Waals surface area (Å²) in [5, 5.41) is 92.4. The molecule has 0 saturated heterocycles. The average Bonchev–Trinajstić information content (AvgIpc) is 3.54. The third-order valence-electron chi connectivity index (χ3n) is 9.87. The fourth-order valence-electron chi connectivity index (χ4n) is 7.48. The van der Waals surface area contributed by atoms with Gasteiger partial charge in [-0.15, -0.1) is 0 Å². The number of rotatable bonds is 3. The van der Waals surface area contributed by atoms with Crippen LogP contribution >= 0.6 is 0 Å². The number of hydrogen-bond donors (Lipinski definition) is 9. The van der Waals surface area contributed by atoms with Gasteiger partial charge in [0.05, 0.1) is 0 Å². The highest BCUT2D eigenvalue weighted by molar-refractivity contribution is 6.30. The summed E-state index contributed by atoms with van der Waals surface area (Å²) >= 11 is 0. The van der Waals surface area contributed by atoms with Gasteiger partial charge in [-0.05, 0) is 51.2 Å². The Morgan fingerprint density at radius 2 is 0.804 bits per heavy atom. The number of phenols is 8. The third-order valence-corrected chi connectivity index (χ3v) is 9.87. The first-order valence-electron chi connectivity index (χ1n) is 16.0. The zero-order valence-corrected chi connectivity index (χ0v) is 26.5. The van der Waals surface area contributed by atoms with Crippen molar-refractivity contribution < 1.29 is 40.9 Å². The summed E-state index contributed by atoms with van der Waals surface area (Å²) < 4.78 is 0. The Kier molecular flexibility index (Phi) is 6.21. The van der Waals surface area contributed by atoms with Crippen LogP contribution in [0.1, 0.15) is 0 Å². The summed E-state index contributed by atoms with van der Waals surface area (Å²) in [5.74, 6) is -7.33. The minimum Gasteiger partial charge on any atom is -0.504 e. The van der Waals surface area contributed by atoms with Crippen molar-refractivity contribution in [2.75, 3.05) is 0 Å². The Balaban J connectivity index is 1.40. The zero-order valence-electron chi connectivity index (χ0n) is 26.5. The van der Waals surface area contributed by atoms with E-state index in [1.807, 2.05) is 66.7 Å².